The molecule has 6 nitrogen and oxygen atoms in total. The van der Waals surface area contributed by atoms with Crippen LogP contribution in [-0.2, 0) is 19.7 Å². The molecule has 0 radical (unpaired) electrons. The van der Waals surface area contributed by atoms with Gasteiger partial charge in [-0.05, 0) is 31.8 Å². The lowest BCUT2D eigenvalue weighted by molar-refractivity contribution is -0.126. The summed E-state index contributed by atoms with van der Waals surface area (Å²) in [4.78, 5) is 38.4. The average molecular weight is 370 g/mol. The molecule has 1 fully saturated rings. The lowest BCUT2D eigenvalue weighted by Gasteiger charge is -2.49. The number of ketones is 2. The molecule has 0 amide bonds. The number of carbonyl (C=O) groups is 3. The number of fused-ring (bicyclic) bond motifs is 3. The van der Waals surface area contributed by atoms with E-state index in [9.17, 15) is 14.4 Å². The molecule has 1 aromatic rings. The Hall–Kier alpha value is -2.21. The molecule has 0 saturated heterocycles. The van der Waals surface area contributed by atoms with Gasteiger partial charge in [0.05, 0.1) is 12.0 Å². The number of furan rings is 1. The molecule has 2 heterocycles. The van der Waals surface area contributed by atoms with E-state index in [-0.39, 0.29) is 29.9 Å². The molecule has 1 aliphatic heterocycles. The Morgan fingerprint density at radius 3 is 2.74 bits per heavy atom. The minimum atomic E-state index is -0.669. The Balaban J connectivity index is 1.78. The fourth-order valence-electron chi connectivity index (χ4n) is 5.90. The highest BCUT2D eigenvalue weighted by atomic mass is 16.6. The number of cyclic esters (lactones) is 1. The van der Waals surface area contributed by atoms with E-state index in [4.69, 9.17) is 13.9 Å². The van der Waals surface area contributed by atoms with Crippen LogP contribution in [0.25, 0.3) is 0 Å². The summed E-state index contributed by atoms with van der Waals surface area (Å²) in [6.07, 6.45) is 3.36. The molecular formula is C21H22O6. The zero-order valence-corrected chi connectivity index (χ0v) is 15.7. The molecule has 4 aliphatic rings. The predicted octanol–water partition coefficient (Wildman–Crippen LogP) is 2.99. The van der Waals surface area contributed by atoms with Crippen molar-refractivity contribution in [1.29, 1.82) is 0 Å². The monoisotopic (exact) mass is 370 g/mol. The predicted molar refractivity (Wildman–Crippen MR) is 93.6 cm³/mol. The maximum atomic E-state index is 13.4. The lowest BCUT2D eigenvalue weighted by Crippen LogP contribution is -2.53. The van der Waals surface area contributed by atoms with Gasteiger partial charge in [-0.1, -0.05) is 6.92 Å². The van der Waals surface area contributed by atoms with Gasteiger partial charge >= 0.3 is 5.97 Å². The Kier molecular flexibility index (Phi) is 3.25. The second-order valence-electron chi connectivity index (χ2n) is 8.56. The van der Waals surface area contributed by atoms with Crippen molar-refractivity contribution in [3.63, 3.8) is 0 Å². The molecule has 0 N–H and O–H groups in total. The van der Waals surface area contributed by atoms with E-state index in [0.717, 1.165) is 5.57 Å². The molecule has 4 atom stereocenters. The van der Waals surface area contributed by atoms with Gasteiger partial charge in [-0.3, -0.25) is 9.59 Å². The first-order valence-corrected chi connectivity index (χ1v) is 9.47. The molecule has 0 aromatic carbocycles. The Morgan fingerprint density at radius 1 is 1.22 bits per heavy atom. The number of carbonyl (C=O) groups excluding carboxylic acids is 3. The standard InChI is InChI=1S/C21H22O6/c1-20-7-6-12-15(11(20)4-5-13(20)22)17(23)18-16-10(8-26-18)19(24)27-14(9-25-3)21(12,16)2/h8,11,14H,4-7,9H2,1-3H3. The zero-order valence-electron chi connectivity index (χ0n) is 15.7. The highest BCUT2D eigenvalue weighted by Crippen LogP contribution is 2.60. The van der Waals surface area contributed by atoms with E-state index in [1.807, 2.05) is 13.8 Å². The van der Waals surface area contributed by atoms with Crippen molar-refractivity contribution in [1.82, 2.24) is 0 Å². The maximum Gasteiger partial charge on any atom is 0.342 e. The van der Waals surface area contributed by atoms with Crippen LogP contribution in [-0.4, -0.2) is 37.4 Å². The summed E-state index contributed by atoms with van der Waals surface area (Å²) in [5.41, 5.74) is 1.52. The first kappa shape index (κ1) is 16.9. The summed E-state index contributed by atoms with van der Waals surface area (Å²) in [6.45, 7) is 4.24. The van der Waals surface area contributed by atoms with E-state index in [1.54, 1.807) is 7.11 Å². The molecular weight excluding hydrogens is 348 g/mol. The van der Waals surface area contributed by atoms with Crippen molar-refractivity contribution in [2.45, 2.75) is 51.0 Å². The number of esters is 1. The number of hydrogen-bond acceptors (Lipinski definition) is 6. The van der Waals surface area contributed by atoms with Crippen LogP contribution in [0.2, 0.25) is 0 Å². The van der Waals surface area contributed by atoms with Crippen LogP contribution >= 0.6 is 0 Å². The van der Waals surface area contributed by atoms with Crippen LogP contribution in [0.4, 0.5) is 0 Å². The van der Waals surface area contributed by atoms with E-state index < -0.39 is 22.9 Å². The van der Waals surface area contributed by atoms with Crippen LogP contribution in [0, 0.1) is 11.3 Å². The summed E-state index contributed by atoms with van der Waals surface area (Å²) in [6, 6.07) is 0. The topological polar surface area (TPSA) is 82.8 Å². The Bertz CT molecular complexity index is 936. The Morgan fingerprint density at radius 2 is 2.00 bits per heavy atom. The largest absolute Gasteiger partial charge is 0.460 e. The van der Waals surface area contributed by atoms with Gasteiger partial charge in [-0.15, -0.1) is 0 Å². The van der Waals surface area contributed by atoms with Crippen LogP contribution in [0.5, 0.6) is 0 Å². The van der Waals surface area contributed by atoms with Gasteiger partial charge < -0.3 is 13.9 Å². The molecule has 4 unspecified atom stereocenters. The summed E-state index contributed by atoms with van der Waals surface area (Å²) < 4.78 is 16.7. The van der Waals surface area contributed by atoms with Crippen LogP contribution in [0.3, 0.4) is 0 Å². The summed E-state index contributed by atoms with van der Waals surface area (Å²) >= 11 is 0. The van der Waals surface area contributed by atoms with E-state index in [1.165, 1.54) is 6.26 Å². The van der Waals surface area contributed by atoms with Crippen molar-refractivity contribution in [2.24, 2.45) is 11.3 Å². The van der Waals surface area contributed by atoms with Gasteiger partial charge in [0.15, 0.2) is 5.76 Å². The van der Waals surface area contributed by atoms with Gasteiger partial charge in [0.25, 0.3) is 0 Å². The van der Waals surface area contributed by atoms with Crippen molar-refractivity contribution < 1.29 is 28.3 Å². The molecule has 0 spiro atoms. The summed E-state index contributed by atoms with van der Waals surface area (Å²) in [5.74, 6) is -0.270. The smallest absolute Gasteiger partial charge is 0.342 e. The third-order valence-corrected chi connectivity index (χ3v) is 7.45. The highest BCUT2D eigenvalue weighted by molar-refractivity contribution is 6.14. The SMILES string of the molecule is COCC1OC(=O)c2coc3c2C1(C)C1=C(C3=O)C2CCC(=O)C2(C)CC1. The first-order chi connectivity index (χ1) is 12.8. The number of methoxy groups -OCH3 is 1. The summed E-state index contributed by atoms with van der Waals surface area (Å²) in [5, 5.41) is 0. The number of Topliss-reactive ketones (excluding diaryl/α,β-unsaturated/α-hetero) is 2. The lowest BCUT2D eigenvalue weighted by atomic mass is 9.55. The normalized spacial score (nSPS) is 37.1. The molecule has 6 heteroatoms. The van der Waals surface area contributed by atoms with E-state index >= 15 is 0 Å². The van der Waals surface area contributed by atoms with Crippen molar-refractivity contribution >= 4 is 17.5 Å². The van der Waals surface area contributed by atoms with E-state index in [2.05, 4.69) is 0 Å². The number of rotatable bonds is 2. The van der Waals surface area contributed by atoms with Crippen LogP contribution < -0.4 is 0 Å². The minimum Gasteiger partial charge on any atom is -0.460 e. The second kappa shape index (κ2) is 5.19. The highest BCUT2D eigenvalue weighted by Gasteiger charge is 2.61. The maximum absolute atomic E-state index is 13.4. The average Bonchev–Trinajstić information content (AvgIpc) is 3.21. The summed E-state index contributed by atoms with van der Waals surface area (Å²) in [7, 11) is 1.57. The van der Waals surface area contributed by atoms with E-state index in [0.29, 0.717) is 42.4 Å². The van der Waals surface area contributed by atoms with Crippen molar-refractivity contribution in [3.05, 3.63) is 34.3 Å². The third-order valence-electron chi connectivity index (χ3n) is 7.45. The number of allylic oxidation sites excluding steroid dienone is 1. The molecule has 27 heavy (non-hydrogen) atoms. The molecule has 1 aromatic heterocycles. The molecule has 3 aliphatic carbocycles. The Labute approximate surface area is 156 Å². The van der Waals surface area contributed by atoms with Gasteiger partial charge in [0.2, 0.25) is 5.78 Å². The second-order valence-corrected chi connectivity index (χ2v) is 8.56. The van der Waals surface area contributed by atoms with Gasteiger partial charge in [-0.2, -0.15) is 0 Å². The van der Waals surface area contributed by atoms with Gasteiger partial charge in [0.1, 0.15) is 23.7 Å². The fraction of sp³-hybridized carbons (Fsp3) is 0.571. The molecule has 5 rings (SSSR count). The molecule has 1 saturated carbocycles. The molecule has 142 valence electrons. The first-order valence-electron chi connectivity index (χ1n) is 9.47. The van der Waals surface area contributed by atoms with Crippen LogP contribution in [0.15, 0.2) is 21.8 Å². The minimum absolute atomic E-state index is 0.0967. The fourth-order valence-corrected chi connectivity index (χ4v) is 5.90. The van der Waals surface area contributed by atoms with Crippen molar-refractivity contribution in [2.75, 3.05) is 13.7 Å². The van der Waals surface area contributed by atoms with Gasteiger partial charge in [-0.25, -0.2) is 4.79 Å². The van der Waals surface area contributed by atoms with Crippen molar-refractivity contribution in [3.8, 4) is 0 Å². The van der Waals surface area contributed by atoms with Gasteiger partial charge in [0, 0.05) is 36.0 Å². The number of hydrogen-bond donors (Lipinski definition) is 0. The zero-order chi connectivity index (χ0) is 19.1. The third kappa shape index (κ3) is 1.82. The quantitative estimate of drug-likeness (QED) is 0.744. The number of ether oxygens (including phenoxy) is 2. The van der Waals surface area contributed by atoms with Crippen LogP contribution in [0.1, 0.15) is 66.0 Å². The molecule has 0 bridgehead atoms.